The highest BCUT2D eigenvalue weighted by Crippen LogP contribution is 2.22. The molecule has 5 heteroatoms. The quantitative estimate of drug-likeness (QED) is 0.829. The Morgan fingerprint density at radius 2 is 1.91 bits per heavy atom. The molecule has 0 aliphatic carbocycles. The van der Waals surface area contributed by atoms with E-state index in [9.17, 15) is 9.90 Å². The van der Waals surface area contributed by atoms with Gasteiger partial charge in [0, 0.05) is 22.0 Å². The van der Waals surface area contributed by atoms with E-state index in [-0.39, 0.29) is 5.91 Å². The number of anilines is 1. The summed E-state index contributed by atoms with van der Waals surface area (Å²) in [5.74, 6) is 1.03. The maximum Gasteiger partial charge on any atom is 0.234 e. The Labute approximate surface area is 139 Å². The summed E-state index contributed by atoms with van der Waals surface area (Å²) in [5, 5.41) is 13.3. The van der Waals surface area contributed by atoms with Gasteiger partial charge < -0.3 is 10.4 Å². The van der Waals surface area contributed by atoms with Crippen molar-refractivity contribution in [2.75, 3.05) is 11.1 Å². The molecule has 3 nitrogen and oxygen atoms in total. The average Bonchev–Trinajstić information content (AvgIpc) is 2.49. The minimum atomic E-state index is -0.613. The van der Waals surface area contributed by atoms with Gasteiger partial charge in [-0.15, -0.1) is 11.8 Å². The van der Waals surface area contributed by atoms with E-state index in [4.69, 9.17) is 11.6 Å². The lowest BCUT2D eigenvalue weighted by Gasteiger charge is -2.12. The highest BCUT2D eigenvalue weighted by molar-refractivity contribution is 7.99. The van der Waals surface area contributed by atoms with Crippen molar-refractivity contribution in [2.45, 2.75) is 18.8 Å². The predicted molar refractivity (Wildman–Crippen MR) is 93.3 cm³/mol. The number of thioether (sulfide) groups is 1. The highest BCUT2D eigenvalue weighted by atomic mass is 35.5. The number of halogens is 1. The van der Waals surface area contributed by atoms with E-state index in [1.54, 1.807) is 19.1 Å². The normalized spacial score (nSPS) is 12.0. The van der Waals surface area contributed by atoms with Crippen LogP contribution in [0.3, 0.4) is 0 Å². The molecule has 0 radical (unpaired) electrons. The average molecular weight is 336 g/mol. The first-order valence-electron chi connectivity index (χ1n) is 6.95. The molecule has 2 aromatic carbocycles. The second-order valence-electron chi connectivity index (χ2n) is 4.93. The fourth-order valence-corrected chi connectivity index (χ4v) is 2.92. The fraction of sp³-hybridized carbons (Fsp3) is 0.235. The molecule has 2 N–H and O–H groups in total. The van der Waals surface area contributed by atoms with Crippen molar-refractivity contribution in [3.05, 3.63) is 64.7 Å². The second-order valence-corrected chi connectivity index (χ2v) is 6.35. The minimum Gasteiger partial charge on any atom is -0.389 e. The molecule has 0 aliphatic rings. The van der Waals surface area contributed by atoms with Crippen LogP contribution in [0.5, 0.6) is 0 Å². The Kier molecular flexibility index (Phi) is 6.31. The number of nitrogens with one attached hydrogen (secondary N) is 1. The molecular weight excluding hydrogens is 318 g/mol. The lowest BCUT2D eigenvalue weighted by atomic mass is 10.1. The van der Waals surface area contributed by atoms with Crippen LogP contribution in [0.15, 0.2) is 48.5 Å². The standard InChI is InChI=1S/C17H18ClNO2S/c1-12(20)15-4-2-3-5-16(15)19-17(21)11-22-10-13-6-8-14(18)9-7-13/h2-9,12,20H,10-11H2,1H3,(H,19,21). The molecule has 2 aromatic rings. The van der Waals surface area contributed by atoms with Gasteiger partial charge in [0.15, 0.2) is 0 Å². The summed E-state index contributed by atoms with van der Waals surface area (Å²) >= 11 is 7.37. The Morgan fingerprint density at radius 1 is 1.23 bits per heavy atom. The second kappa shape index (κ2) is 8.22. The Balaban J connectivity index is 1.84. The van der Waals surface area contributed by atoms with Gasteiger partial charge in [-0.05, 0) is 30.7 Å². The maximum atomic E-state index is 12.0. The van der Waals surface area contributed by atoms with Crippen molar-refractivity contribution in [1.82, 2.24) is 0 Å². The van der Waals surface area contributed by atoms with Crippen LogP contribution in [-0.4, -0.2) is 16.8 Å². The third kappa shape index (κ3) is 5.05. The number of hydrogen-bond acceptors (Lipinski definition) is 3. The molecule has 0 saturated carbocycles. The van der Waals surface area contributed by atoms with Crippen molar-refractivity contribution in [2.24, 2.45) is 0 Å². The Hall–Kier alpha value is -1.49. The molecule has 0 fully saturated rings. The van der Waals surface area contributed by atoms with Crippen molar-refractivity contribution < 1.29 is 9.90 Å². The number of hydrogen-bond donors (Lipinski definition) is 2. The molecule has 0 spiro atoms. The third-order valence-corrected chi connectivity index (χ3v) is 4.36. The molecule has 1 amide bonds. The van der Waals surface area contributed by atoms with Crippen LogP contribution in [0.2, 0.25) is 5.02 Å². The van der Waals surface area contributed by atoms with Gasteiger partial charge in [-0.1, -0.05) is 41.9 Å². The summed E-state index contributed by atoms with van der Waals surface area (Å²) in [6, 6.07) is 14.9. The molecular formula is C17H18ClNO2S. The van der Waals surface area contributed by atoms with Gasteiger partial charge in [0.05, 0.1) is 11.9 Å². The minimum absolute atomic E-state index is 0.0768. The highest BCUT2D eigenvalue weighted by Gasteiger charge is 2.10. The van der Waals surface area contributed by atoms with E-state index in [0.29, 0.717) is 16.5 Å². The van der Waals surface area contributed by atoms with Gasteiger partial charge >= 0.3 is 0 Å². The third-order valence-electron chi connectivity index (χ3n) is 3.10. The number of aliphatic hydroxyl groups is 1. The number of rotatable bonds is 6. The summed E-state index contributed by atoms with van der Waals surface area (Å²) < 4.78 is 0. The van der Waals surface area contributed by atoms with E-state index in [2.05, 4.69) is 5.32 Å². The van der Waals surface area contributed by atoms with Gasteiger partial charge in [-0.25, -0.2) is 0 Å². The lowest BCUT2D eigenvalue weighted by molar-refractivity contribution is -0.113. The number of para-hydroxylation sites is 1. The zero-order valence-corrected chi connectivity index (χ0v) is 13.8. The Bertz CT molecular complexity index is 629. The van der Waals surface area contributed by atoms with Crippen LogP contribution in [0.25, 0.3) is 0 Å². The zero-order valence-electron chi connectivity index (χ0n) is 12.3. The summed E-state index contributed by atoms with van der Waals surface area (Å²) in [6.07, 6.45) is -0.613. The maximum absolute atomic E-state index is 12.0. The summed E-state index contributed by atoms with van der Waals surface area (Å²) in [5.41, 5.74) is 2.51. The first-order chi connectivity index (χ1) is 10.6. The van der Waals surface area contributed by atoms with Gasteiger partial charge in [-0.3, -0.25) is 4.79 Å². The number of carbonyl (C=O) groups excluding carboxylic acids is 1. The predicted octanol–water partition coefficient (Wildman–Crippen LogP) is 4.27. The Morgan fingerprint density at radius 3 is 2.59 bits per heavy atom. The van der Waals surface area contributed by atoms with Gasteiger partial charge in [0.2, 0.25) is 5.91 Å². The van der Waals surface area contributed by atoms with Gasteiger partial charge in [0.25, 0.3) is 0 Å². The zero-order chi connectivity index (χ0) is 15.9. The lowest BCUT2D eigenvalue weighted by Crippen LogP contribution is -2.16. The smallest absolute Gasteiger partial charge is 0.234 e. The van der Waals surface area contributed by atoms with Crippen molar-refractivity contribution >= 4 is 35.0 Å². The SMILES string of the molecule is CC(O)c1ccccc1NC(=O)CSCc1ccc(Cl)cc1. The molecule has 2 rings (SSSR count). The molecule has 1 atom stereocenters. The number of amides is 1. The molecule has 0 heterocycles. The van der Waals surface area contributed by atoms with Crippen LogP contribution in [-0.2, 0) is 10.5 Å². The molecule has 0 aromatic heterocycles. The van der Waals surface area contributed by atoms with E-state index in [0.717, 1.165) is 16.9 Å². The van der Waals surface area contributed by atoms with Crippen LogP contribution < -0.4 is 5.32 Å². The van der Waals surface area contributed by atoms with E-state index in [1.165, 1.54) is 11.8 Å². The van der Waals surface area contributed by atoms with Gasteiger partial charge in [0.1, 0.15) is 0 Å². The molecule has 0 aliphatic heterocycles. The monoisotopic (exact) mass is 335 g/mol. The topological polar surface area (TPSA) is 49.3 Å². The van der Waals surface area contributed by atoms with E-state index >= 15 is 0 Å². The van der Waals surface area contributed by atoms with Crippen LogP contribution in [0, 0.1) is 0 Å². The van der Waals surface area contributed by atoms with Crippen molar-refractivity contribution in [3.63, 3.8) is 0 Å². The van der Waals surface area contributed by atoms with E-state index in [1.807, 2.05) is 36.4 Å². The first-order valence-corrected chi connectivity index (χ1v) is 8.48. The number of aliphatic hydroxyl groups excluding tert-OH is 1. The molecule has 22 heavy (non-hydrogen) atoms. The summed E-state index contributed by atoms with van der Waals surface area (Å²) in [4.78, 5) is 12.0. The van der Waals surface area contributed by atoms with Crippen molar-refractivity contribution in [1.29, 1.82) is 0 Å². The number of carbonyl (C=O) groups is 1. The molecule has 1 unspecified atom stereocenters. The van der Waals surface area contributed by atoms with Crippen LogP contribution >= 0.6 is 23.4 Å². The largest absolute Gasteiger partial charge is 0.389 e. The number of benzene rings is 2. The molecule has 0 saturated heterocycles. The van der Waals surface area contributed by atoms with E-state index < -0.39 is 6.10 Å². The first kappa shape index (κ1) is 16.9. The summed E-state index contributed by atoms with van der Waals surface area (Å²) in [7, 11) is 0. The van der Waals surface area contributed by atoms with Crippen LogP contribution in [0.1, 0.15) is 24.2 Å². The summed E-state index contributed by atoms with van der Waals surface area (Å²) in [6.45, 7) is 1.68. The molecule has 0 bridgehead atoms. The van der Waals surface area contributed by atoms with Crippen molar-refractivity contribution in [3.8, 4) is 0 Å². The van der Waals surface area contributed by atoms with Crippen LogP contribution in [0.4, 0.5) is 5.69 Å². The fourth-order valence-electron chi connectivity index (χ4n) is 2.00. The molecule has 116 valence electrons. The van der Waals surface area contributed by atoms with Gasteiger partial charge in [-0.2, -0.15) is 0 Å².